The largest absolute Gasteiger partial charge is 0.352 e. The highest BCUT2D eigenvalue weighted by atomic mass is 16.1. The highest BCUT2D eigenvalue weighted by Gasteiger charge is 2.15. The fourth-order valence-corrected chi connectivity index (χ4v) is 4.13. The maximum atomic E-state index is 12.8. The molecule has 3 heterocycles. The van der Waals surface area contributed by atoms with E-state index in [1.54, 1.807) is 4.52 Å². The number of aromatic nitrogens is 6. The Hall–Kier alpha value is -4.33. The van der Waals surface area contributed by atoms with E-state index in [-0.39, 0.29) is 5.91 Å². The highest BCUT2D eigenvalue weighted by molar-refractivity contribution is 5.76. The summed E-state index contributed by atoms with van der Waals surface area (Å²) in [4.78, 5) is 21.4. The van der Waals surface area contributed by atoms with Crippen molar-refractivity contribution in [3.63, 3.8) is 0 Å². The summed E-state index contributed by atoms with van der Waals surface area (Å²) in [6, 6.07) is 20.0. The third kappa shape index (κ3) is 4.30. The molecule has 2 aromatic carbocycles. The van der Waals surface area contributed by atoms with E-state index in [0.29, 0.717) is 25.2 Å². The van der Waals surface area contributed by atoms with Crippen LogP contribution in [0, 0.1) is 13.8 Å². The van der Waals surface area contributed by atoms with Crippen LogP contribution in [0.15, 0.2) is 73.2 Å². The predicted molar refractivity (Wildman–Crippen MR) is 129 cm³/mol. The van der Waals surface area contributed by atoms with E-state index in [4.69, 9.17) is 5.10 Å². The van der Waals surface area contributed by atoms with E-state index in [1.807, 2.05) is 85.4 Å². The first-order valence-corrected chi connectivity index (χ1v) is 11.2. The molecule has 8 heteroatoms. The molecule has 0 radical (unpaired) electrons. The molecule has 0 unspecified atom stereocenters. The monoisotopic (exact) mass is 451 g/mol. The summed E-state index contributed by atoms with van der Waals surface area (Å²) >= 11 is 0. The topological polar surface area (TPSA) is 90.0 Å². The Kier molecular flexibility index (Phi) is 5.86. The van der Waals surface area contributed by atoms with Gasteiger partial charge in [-0.3, -0.25) is 4.79 Å². The summed E-state index contributed by atoms with van der Waals surface area (Å²) in [5.74, 6) is 0.552. The minimum absolute atomic E-state index is 0.0241. The maximum Gasteiger partial charge on any atom is 0.252 e. The number of nitrogens with zero attached hydrogens (tertiary/aromatic N) is 6. The minimum Gasteiger partial charge on any atom is -0.352 e. The molecule has 1 amide bonds. The third-order valence-corrected chi connectivity index (χ3v) is 5.92. The van der Waals surface area contributed by atoms with Gasteiger partial charge in [-0.15, -0.1) is 0 Å². The standard InChI is InChI=1S/C26H25N7O/c1-18-23(19(2)33-26(30-18)28-17-29-33)13-14-24(34)27-15-21-16-32(22-11-7-4-8-12-22)31-25(21)20-9-5-3-6-10-20/h3-12,16-17H,13-15H2,1-2H3,(H,27,34). The highest BCUT2D eigenvalue weighted by Crippen LogP contribution is 2.23. The molecule has 0 bridgehead atoms. The molecule has 5 aromatic rings. The fourth-order valence-electron chi connectivity index (χ4n) is 4.13. The lowest BCUT2D eigenvalue weighted by atomic mass is 10.1. The van der Waals surface area contributed by atoms with E-state index >= 15 is 0 Å². The Morgan fingerprint density at radius 3 is 2.50 bits per heavy atom. The summed E-state index contributed by atoms with van der Waals surface area (Å²) in [6.07, 6.45) is 4.41. The molecule has 170 valence electrons. The Labute approximate surface area is 197 Å². The lowest BCUT2D eigenvalue weighted by molar-refractivity contribution is -0.121. The molecule has 0 saturated heterocycles. The molecule has 3 aromatic heterocycles. The third-order valence-electron chi connectivity index (χ3n) is 5.92. The van der Waals surface area contributed by atoms with Crippen molar-refractivity contribution in [1.82, 2.24) is 34.7 Å². The zero-order valence-corrected chi connectivity index (χ0v) is 19.1. The number of hydrogen-bond donors (Lipinski definition) is 1. The molecular weight excluding hydrogens is 426 g/mol. The van der Waals surface area contributed by atoms with Crippen LogP contribution in [0.3, 0.4) is 0 Å². The number of aryl methyl sites for hydroxylation is 2. The Balaban J connectivity index is 1.32. The van der Waals surface area contributed by atoms with Gasteiger partial charge in [0, 0.05) is 41.7 Å². The van der Waals surface area contributed by atoms with Gasteiger partial charge in [0.2, 0.25) is 5.91 Å². The van der Waals surface area contributed by atoms with E-state index in [9.17, 15) is 4.79 Å². The average Bonchev–Trinajstić information content (AvgIpc) is 3.51. The van der Waals surface area contributed by atoms with Gasteiger partial charge in [0.15, 0.2) is 0 Å². The van der Waals surface area contributed by atoms with E-state index in [1.165, 1.54) is 6.33 Å². The normalized spacial score (nSPS) is 11.1. The zero-order valence-electron chi connectivity index (χ0n) is 19.1. The first-order valence-electron chi connectivity index (χ1n) is 11.2. The van der Waals surface area contributed by atoms with E-state index < -0.39 is 0 Å². The van der Waals surface area contributed by atoms with Crippen LogP contribution in [0.5, 0.6) is 0 Å². The second-order valence-corrected chi connectivity index (χ2v) is 8.16. The second kappa shape index (κ2) is 9.27. The van der Waals surface area contributed by atoms with Crippen LogP contribution in [0.2, 0.25) is 0 Å². The van der Waals surface area contributed by atoms with Crippen molar-refractivity contribution in [3.8, 4) is 16.9 Å². The maximum absolute atomic E-state index is 12.8. The van der Waals surface area contributed by atoms with Crippen molar-refractivity contribution in [1.29, 1.82) is 0 Å². The van der Waals surface area contributed by atoms with Gasteiger partial charge in [-0.25, -0.2) is 14.2 Å². The van der Waals surface area contributed by atoms with Gasteiger partial charge >= 0.3 is 0 Å². The van der Waals surface area contributed by atoms with Crippen molar-refractivity contribution < 1.29 is 4.79 Å². The number of rotatable bonds is 7. The second-order valence-electron chi connectivity index (χ2n) is 8.16. The lowest BCUT2D eigenvalue weighted by Gasteiger charge is -2.10. The molecule has 0 aliphatic rings. The quantitative estimate of drug-likeness (QED) is 0.406. The minimum atomic E-state index is -0.0241. The molecule has 0 fully saturated rings. The van der Waals surface area contributed by atoms with Crippen LogP contribution in [0.25, 0.3) is 22.7 Å². The molecular formula is C26H25N7O. The van der Waals surface area contributed by atoms with Crippen LogP contribution in [-0.4, -0.2) is 35.3 Å². The molecule has 0 spiro atoms. The first-order chi connectivity index (χ1) is 16.6. The fraction of sp³-hybridized carbons (Fsp3) is 0.192. The van der Waals surface area contributed by atoms with E-state index in [2.05, 4.69) is 20.4 Å². The predicted octanol–water partition coefficient (Wildman–Crippen LogP) is 3.84. The van der Waals surface area contributed by atoms with Crippen LogP contribution in [0.4, 0.5) is 0 Å². The van der Waals surface area contributed by atoms with Gasteiger partial charge < -0.3 is 5.32 Å². The van der Waals surface area contributed by atoms with Crippen LogP contribution >= 0.6 is 0 Å². The molecule has 0 saturated carbocycles. The molecule has 34 heavy (non-hydrogen) atoms. The summed E-state index contributed by atoms with van der Waals surface area (Å²) in [7, 11) is 0. The number of para-hydroxylation sites is 1. The number of benzene rings is 2. The Morgan fingerprint density at radius 2 is 1.74 bits per heavy atom. The summed E-state index contributed by atoms with van der Waals surface area (Å²) in [5.41, 5.74) is 6.66. The van der Waals surface area contributed by atoms with Crippen molar-refractivity contribution in [2.75, 3.05) is 0 Å². The summed E-state index contributed by atoms with van der Waals surface area (Å²) in [5, 5.41) is 12.1. The molecule has 0 atom stereocenters. The van der Waals surface area contributed by atoms with Gasteiger partial charge in [0.1, 0.15) is 6.33 Å². The van der Waals surface area contributed by atoms with Crippen molar-refractivity contribution >= 4 is 11.7 Å². The summed E-state index contributed by atoms with van der Waals surface area (Å²) in [6.45, 7) is 4.32. The smallest absolute Gasteiger partial charge is 0.252 e. The molecule has 8 nitrogen and oxygen atoms in total. The van der Waals surface area contributed by atoms with Crippen LogP contribution in [0.1, 0.15) is 28.9 Å². The number of nitrogens with one attached hydrogen (secondary N) is 1. The van der Waals surface area contributed by atoms with Gasteiger partial charge in [-0.2, -0.15) is 15.2 Å². The zero-order chi connectivity index (χ0) is 23.5. The van der Waals surface area contributed by atoms with Gasteiger partial charge in [0.05, 0.1) is 11.4 Å². The number of carbonyl (C=O) groups is 1. The van der Waals surface area contributed by atoms with Gasteiger partial charge in [-0.1, -0.05) is 48.5 Å². The average molecular weight is 452 g/mol. The Morgan fingerprint density at radius 1 is 1.00 bits per heavy atom. The summed E-state index contributed by atoms with van der Waals surface area (Å²) < 4.78 is 3.57. The SMILES string of the molecule is Cc1nc2ncnn2c(C)c1CCC(=O)NCc1cn(-c2ccccc2)nc1-c1ccccc1. The first kappa shape index (κ1) is 21.5. The van der Waals surface area contributed by atoms with Gasteiger partial charge in [0.25, 0.3) is 5.78 Å². The van der Waals surface area contributed by atoms with Crippen molar-refractivity contribution in [2.24, 2.45) is 0 Å². The molecule has 0 aliphatic carbocycles. The molecule has 1 N–H and O–H groups in total. The van der Waals surface area contributed by atoms with Crippen LogP contribution in [-0.2, 0) is 17.8 Å². The number of fused-ring (bicyclic) bond motifs is 1. The molecule has 5 rings (SSSR count). The van der Waals surface area contributed by atoms with E-state index in [0.717, 1.165) is 39.5 Å². The number of amides is 1. The van der Waals surface area contributed by atoms with Crippen LogP contribution < -0.4 is 5.32 Å². The van der Waals surface area contributed by atoms with Crippen molar-refractivity contribution in [3.05, 3.63) is 95.7 Å². The lowest BCUT2D eigenvalue weighted by Crippen LogP contribution is -2.23. The van der Waals surface area contributed by atoms with Crippen molar-refractivity contribution in [2.45, 2.75) is 33.2 Å². The molecule has 0 aliphatic heterocycles. The Bertz CT molecular complexity index is 1440. The number of hydrogen-bond acceptors (Lipinski definition) is 5. The number of carbonyl (C=O) groups excluding carboxylic acids is 1. The van der Waals surface area contributed by atoms with Gasteiger partial charge in [-0.05, 0) is 38.0 Å².